The molecule has 0 radical (unpaired) electrons. The molecular weight excluding hydrogens is 918 g/mol. The molecular formula is C47H59ClF2N4O14. The van der Waals surface area contributed by atoms with Crippen molar-refractivity contribution in [1.29, 1.82) is 0 Å². The van der Waals surface area contributed by atoms with Gasteiger partial charge in [0.25, 0.3) is 5.91 Å². The Morgan fingerprint density at radius 3 is 2.07 bits per heavy atom. The number of carbonyl (C=O) groups is 3. The number of hydrogen-bond acceptors (Lipinski definition) is 16. The molecule has 3 aromatic rings. The molecule has 1 aliphatic carbocycles. The van der Waals surface area contributed by atoms with Gasteiger partial charge in [-0.2, -0.15) is 0 Å². The van der Waals surface area contributed by atoms with Gasteiger partial charge in [0.2, 0.25) is 0 Å². The van der Waals surface area contributed by atoms with Crippen LogP contribution in [-0.4, -0.2) is 124 Å². The molecule has 2 fully saturated rings. The minimum absolute atomic E-state index is 0.000654. The van der Waals surface area contributed by atoms with Gasteiger partial charge in [-0.1, -0.05) is 48.0 Å². The minimum Gasteiger partial charge on any atom is -0.496 e. The molecule has 68 heavy (non-hydrogen) atoms. The highest BCUT2D eigenvalue weighted by atomic mass is 35.5. The quantitative estimate of drug-likeness (QED) is 0.0271. The van der Waals surface area contributed by atoms with E-state index in [0.717, 1.165) is 58.6 Å². The Labute approximate surface area is 397 Å². The number of unbranched alkanes of at least 4 members (excludes halogenated alkanes) is 2. The maximum Gasteiger partial charge on any atom is 0.508 e. The van der Waals surface area contributed by atoms with E-state index in [1.165, 1.54) is 0 Å². The van der Waals surface area contributed by atoms with E-state index in [1.807, 2.05) is 54.3 Å². The van der Waals surface area contributed by atoms with Gasteiger partial charge in [-0.05, 0) is 129 Å². The molecule has 3 atom stereocenters. The lowest BCUT2D eigenvalue weighted by Crippen LogP contribution is -2.58. The van der Waals surface area contributed by atoms with Crippen LogP contribution in [0.4, 0.5) is 18.4 Å². The largest absolute Gasteiger partial charge is 0.508 e. The molecule has 1 saturated heterocycles. The van der Waals surface area contributed by atoms with Gasteiger partial charge in [0.1, 0.15) is 16.6 Å². The Balaban J connectivity index is 1.26. The Morgan fingerprint density at radius 1 is 0.779 bits per heavy atom. The van der Waals surface area contributed by atoms with E-state index in [4.69, 9.17) is 56.1 Å². The van der Waals surface area contributed by atoms with Crippen LogP contribution in [0.2, 0.25) is 5.02 Å². The van der Waals surface area contributed by atoms with E-state index in [1.54, 1.807) is 12.0 Å². The smallest absolute Gasteiger partial charge is 0.496 e. The van der Waals surface area contributed by atoms with Gasteiger partial charge < -0.3 is 28.6 Å². The first-order valence-corrected chi connectivity index (χ1v) is 23.0. The van der Waals surface area contributed by atoms with Crippen LogP contribution in [0.15, 0.2) is 60.2 Å². The van der Waals surface area contributed by atoms with Crippen molar-refractivity contribution in [2.24, 2.45) is 5.92 Å². The summed E-state index contributed by atoms with van der Waals surface area (Å²) in [7, 11) is 1.60. The first-order chi connectivity index (χ1) is 32.7. The molecule has 3 unspecified atom stereocenters. The number of benzene rings is 3. The monoisotopic (exact) mass is 976 g/mol. The van der Waals surface area contributed by atoms with Crippen LogP contribution in [0.3, 0.4) is 0 Å². The summed E-state index contributed by atoms with van der Waals surface area (Å²) in [5.41, 5.74) is 4.76. The summed E-state index contributed by atoms with van der Waals surface area (Å²) < 4.78 is 55.9. The molecule has 4 N–H and O–H groups in total. The fourth-order valence-electron chi connectivity index (χ4n) is 8.65. The number of aryl methyl sites for hydroxylation is 2. The Hall–Kier alpha value is -5.16. The third-order valence-corrected chi connectivity index (χ3v) is 12.4. The second-order valence-electron chi connectivity index (χ2n) is 16.9. The lowest BCUT2D eigenvalue weighted by atomic mass is 9.73. The number of piperidine rings is 1. The average molecular weight is 977 g/mol. The Bertz CT molecular complexity index is 2200. The predicted molar refractivity (Wildman–Crippen MR) is 236 cm³/mol. The standard InChI is InChI=1S/C47H59ClF2N4O14/c1-30-24-32(11-18-41(30)62-2)28-51(35-14-15-35)45(55)42-37(34-12-9-31(10-13-34)8-7-21-63-44-39(50)17-16-38(49)43(44)48)27-36-25-33(29-66-47(57)65-20-4-6-23-68-54(60)61)26-40(42)52(36)46(56)64-19-3-5-22-67-53(58)59/h9-13,16-18,24,33,35-36,40,58-61H,3-8,14-15,19-23,25-29H2,1-2H3. The molecule has 2 heterocycles. The van der Waals surface area contributed by atoms with Gasteiger partial charge in [-0.25, -0.2) is 18.4 Å². The van der Waals surface area contributed by atoms with Crippen molar-refractivity contribution in [2.75, 3.05) is 46.8 Å². The van der Waals surface area contributed by atoms with E-state index in [-0.39, 0.29) is 81.5 Å². The second kappa shape index (κ2) is 25.4. The van der Waals surface area contributed by atoms with Crippen LogP contribution in [0.1, 0.15) is 86.5 Å². The number of hydrogen-bond donors (Lipinski definition) is 4. The zero-order chi connectivity index (χ0) is 48.7. The number of fused-ring (bicyclic) bond motifs is 2. The summed E-state index contributed by atoms with van der Waals surface area (Å²) in [4.78, 5) is 55.0. The maximum atomic E-state index is 15.4. The number of halogens is 3. The first-order valence-electron chi connectivity index (χ1n) is 22.6. The highest BCUT2D eigenvalue weighted by molar-refractivity contribution is 6.32. The van der Waals surface area contributed by atoms with E-state index in [9.17, 15) is 18.4 Å². The van der Waals surface area contributed by atoms with Gasteiger partial charge in [-0.15, -0.1) is 0 Å². The van der Waals surface area contributed by atoms with Crippen molar-refractivity contribution in [3.05, 3.63) is 99.1 Å². The summed E-state index contributed by atoms with van der Waals surface area (Å²) >= 11 is 5.94. The Kier molecular flexibility index (Phi) is 19.5. The fourth-order valence-corrected chi connectivity index (χ4v) is 8.85. The van der Waals surface area contributed by atoms with E-state index in [0.29, 0.717) is 57.1 Å². The van der Waals surface area contributed by atoms with Crippen LogP contribution in [-0.2, 0) is 41.6 Å². The number of rotatable bonds is 25. The second-order valence-corrected chi connectivity index (χ2v) is 17.3. The summed E-state index contributed by atoms with van der Waals surface area (Å²) in [5.74, 6) is -1.67. The topological polar surface area (TPSA) is 210 Å². The van der Waals surface area contributed by atoms with E-state index in [2.05, 4.69) is 9.68 Å². The third kappa shape index (κ3) is 14.7. The van der Waals surface area contributed by atoms with Crippen LogP contribution >= 0.6 is 11.6 Å². The molecule has 0 aromatic heterocycles. The van der Waals surface area contributed by atoms with Crippen molar-refractivity contribution in [3.8, 4) is 11.5 Å². The number of nitrogens with zero attached hydrogens (tertiary/aromatic N) is 4. The third-order valence-electron chi connectivity index (χ3n) is 12.0. The summed E-state index contributed by atoms with van der Waals surface area (Å²) in [6.07, 6.45) is 3.49. The van der Waals surface area contributed by atoms with Gasteiger partial charge in [0.05, 0.1) is 63.6 Å². The van der Waals surface area contributed by atoms with Crippen LogP contribution in [0.5, 0.6) is 11.5 Å². The number of methoxy groups -OCH3 is 1. The predicted octanol–water partition coefficient (Wildman–Crippen LogP) is 8.62. The zero-order valence-electron chi connectivity index (χ0n) is 38.0. The average Bonchev–Trinajstić information content (AvgIpc) is 4.16. The lowest BCUT2D eigenvalue weighted by Gasteiger charge is -2.49. The normalized spacial score (nSPS) is 17.9. The Morgan fingerprint density at radius 2 is 1.43 bits per heavy atom. The van der Waals surface area contributed by atoms with E-state index < -0.39 is 46.4 Å². The summed E-state index contributed by atoms with van der Waals surface area (Å²) in [6.45, 7) is 2.24. The van der Waals surface area contributed by atoms with Gasteiger partial charge >= 0.3 is 12.2 Å². The fraction of sp³-hybridized carbons (Fsp3) is 0.511. The van der Waals surface area contributed by atoms with Gasteiger partial charge in [0.15, 0.2) is 11.6 Å². The lowest BCUT2D eigenvalue weighted by molar-refractivity contribution is -0.492. The SMILES string of the molecule is COc1ccc(CN(C(=O)C2=C(c3ccc(CCCOc4c(F)ccc(F)c4Cl)cc3)CC3CC(COC(=O)OCCCCON(O)O)CC2N3C(=O)OCCCCON(O)O)C2CC2)cc1C. The molecule has 0 spiro atoms. The van der Waals surface area contributed by atoms with E-state index >= 15 is 4.79 Å². The number of carbonyl (C=O) groups excluding carboxylic acids is 3. The highest BCUT2D eigenvalue weighted by Gasteiger charge is 2.49. The molecule has 3 aromatic carbocycles. The van der Waals surface area contributed by atoms with Crippen molar-refractivity contribution in [2.45, 2.75) is 102 Å². The molecule has 2 amide bonds. The van der Waals surface area contributed by atoms with Crippen molar-refractivity contribution < 1.29 is 77.4 Å². The van der Waals surface area contributed by atoms with Crippen molar-refractivity contribution in [1.82, 2.24) is 20.6 Å². The molecule has 1 saturated carbocycles. The van der Waals surface area contributed by atoms with Gasteiger partial charge in [-0.3, -0.25) is 40.2 Å². The van der Waals surface area contributed by atoms with Crippen LogP contribution < -0.4 is 9.47 Å². The van der Waals surface area contributed by atoms with Gasteiger partial charge in [0, 0.05) is 24.2 Å². The molecule has 3 aliphatic rings. The summed E-state index contributed by atoms with van der Waals surface area (Å²) in [6, 6.07) is 14.1. The molecule has 372 valence electrons. The van der Waals surface area contributed by atoms with Crippen molar-refractivity contribution in [3.63, 3.8) is 0 Å². The molecule has 18 nitrogen and oxygen atoms in total. The van der Waals surface area contributed by atoms with Crippen LogP contribution in [0, 0.1) is 24.5 Å². The number of ether oxygens (including phenoxy) is 5. The molecule has 6 rings (SSSR count). The first kappa shape index (κ1) is 52.2. The number of amides is 2. The zero-order valence-corrected chi connectivity index (χ0v) is 38.8. The molecule has 2 aliphatic heterocycles. The van der Waals surface area contributed by atoms with Crippen molar-refractivity contribution >= 4 is 35.3 Å². The molecule has 21 heteroatoms. The highest BCUT2D eigenvalue weighted by Crippen LogP contribution is 2.46. The maximum absolute atomic E-state index is 15.4. The van der Waals surface area contributed by atoms with Crippen LogP contribution in [0.25, 0.3) is 5.57 Å². The molecule has 2 bridgehead atoms. The minimum atomic E-state index is -0.892. The summed E-state index contributed by atoms with van der Waals surface area (Å²) in [5, 5.41) is 33.9.